The third kappa shape index (κ3) is 4.87. The molecule has 23 heavy (non-hydrogen) atoms. The van der Waals surface area contributed by atoms with Gasteiger partial charge in [-0.2, -0.15) is 0 Å². The van der Waals surface area contributed by atoms with Crippen LogP contribution in [-0.2, 0) is 18.3 Å². The summed E-state index contributed by atoms with van der Waals surface area (Å²) in [5.41, 5.74) is 2.51. The van der Waals surface area contributed by atoms with Crippen LogP contribution in [0, 0.1) is 5.92 Å². The first-order valence-corrected chi connectivity index (χ1v) is 8.84. The van der Waals surface area contributed by atoms with Crippen molar-refractivity contribution in [1.82, 2.24) is 0 Å². The van der Waals surface area contributed by atoms with Crippen LogP contribution in [0.15, 0.2) is 49.1 Å². The number of hydrogen-bond acceptors (Lipinski definition) is 1. The molecule has 0 bridgehead atoms. The smallest absolute Gasteiger partial charge is 0.171 e. The zero-order valence-electron chi connectivity index (χ0n) is 14.2. The van der Waals surface area contributed by atoms with E-state index < -0.39 is 0 Å². The summed E-state index contributed by atoms with van der Waals surface area (Å²) in [5.74, 6) is 0.926. The number of ether oxygens (including phenoxy) is 1. The molecule has 3 heteroatoms. The summed E-state index contributed by atoms with van der Waals surface area (Å²) >= 11 is 0. The lowest BCUT2D eigenvalue weighted by atomic mass is 10.1. The molecule has 0 spiro atoms. The van der Waals surface area contributed by atoms with Crippen LogP contribution in [0.2, 0.25) is 0 Å². The Balaban J connectivity index is 1.41. The highest BCUT2D eigenvalue weighted by Gasteiger charge is 2.14. The van der Waals surface area contributed by atoms with Gasteiger partial charge in [-0.25, -0.2) is 9.13 Å². The summed E-state index contributed by atoms with van der Waals surface area (Å²) in [7, 11) is 2.04. The molecule has 0 unspecified atom stereocenters. The van der Waals surface area contributed by atoms with E-state index in [-0.39, 0.29) is 0 Å². The maximum Gasteiger partial charge on any atom is 0.171 e. The minimum Gasteiger partial charge on any atom is -0.375 e. The number of nitrogens with zero attached hydrogens (tertiary/aromatic N) is 2. The third-order valence-electron chi connectivity index (χ3n) is 4.84. The van der Waals surface area contributed by atoms with Crippen LogP contribution in [0.5, 0.6) is 0 Å². The van der Waals surface area contributed by atoms with E-state index in [9.17, 15) is 0 Å². The standard InChI is InChI=1S/C20H28N2O/c1-21-11-6-19(7-12-21)20-8-13-22(14-9-20)15-17-23-16-10-18-4-2-3-5-18/h6-9,11-14,18H,2-5,10,15-17H2,1H3/q+2. The topological polar surface area (TPSA) is 17.0 Å². The quantitative estimate of drug-likeness (QED) is 0.567. The van der Waals surface area contributed by atoms with Crippen LogP contribution >= 0.6 is 0 Å². The summed E-state index contributed by atoms with van der Waals surface area (Å²) in [4.78, 5) is 0. The van der Waals surface area contributed by atoms with Crippen LogP contribution in [-0.4, -0.2) is 13.2 Å². The van der Waals surface area contributed by atoms with Crippen molar-refractivity contribution in [3.05, 3.63) is 49.1 Å². The van der Waals surface area contributed by atoms with E-state index in [1.165, 1.54) is 43.2 Å². The molecule has 2 aromatic rings. The third-order valence-corrected chi connectivity index (χ3v) is 4.84. The van der Waals surface area contributed by atoms with Crippen molar-refractivity contribution in [2.45, 2.75) is 38.6 Å². The van der Waals surface area contributed by atoms with Crippen molar-refractivity contribution < 1.29 is 13.9 Å². The van der Waals surface area contributed by atoms with Crippen molar-refractivity contribution in [3.8, 4) is 11.1 Å². The lowest BCUT2D eigenvalue weighted by Crippen LogP contribution is -2.35. The summed E-state index contributed by atoms with van der Waals surface area (Å²) < 4.78 is 10.1. The summed E-state index contributed by atoms with van der Waals surface area (Å²) in [6, 6.07) is 8.64. The molecule has 2 aromatic heterocycles. The molecule has 1 aliphatic rings. The van der Waals surface area contributed by atoms with E-state index in [2.05, 4.69) is 58.2 Å². The van der Waals surface area contributed by atoms with Crippen LogP contribution in [0.25, 0.3) is 11.1 Å². The van der Waals surface area contributed by atoms with Gasteiger partial charge in [-0.05, 0) is 23.5 Å². The number of pyridine rings is 2. The highest BCUT2D eigenvalue weighted by atomic mass is 16.5. The minimum atomic E-state index is 0.803. The van der Waals surface area contributed by atoms with E-state index in [0.717, 1.165) is 25.7 Å². The highest BCUT2D eigenvalue weighted by molar-refractivity contribution is 5.60. The van der Waals surface area contributed by atoms with Crippen molar-refractivity contribution in [2.75, 3.05) is 13.2 Å². The molecule has 0 N–H and O–H groups in total. The molecule has 0 amide bonds. The molecule has 2 heterocycles. The Hall–Kier alpha value is -1.74. The van der Waals surface area contributed by atoms with Crippen LogP contribution in [0.1, 0.15) is 32.1 Å². The first-order chi connectivity index (χ1) is 11.3. The Labute approximate surface area is 139 Å². The predicted molar refractivity (Wildman–Crippen MR) is 90.6 cm³/mol. The largest absolute Gasteiger partial charge is 0.375 e. The molecule has 3 nitrogen and oxygen atoms in total. The van der Waals surface area contributed by atoms with Gasteiger partial charge in [-0.15, -0.1) is 0 Å². The van der Waals surface area contributed by atoms with Gasteiger partial charge >= 0.3 is 0 Å². The minimum absolute atomic E-state index is 0.803. The monoisotopic (exact) mass is 312 g/mol. The Kier molecular flexibility index (Phi) is 5.76. The maximum atomic E-state index is 5.80. The molecule has 1 saturated carbocycles. The molecule has 0 radical (unpaired) electrons. The van der Waals surface area contributed by atoms with E-state index in [1.54, 1.807) is 0 Å². The molecule has 0 atom stereocenters. The van der Waals surface area contributed by atoms with Crippen molar-refractivity contribution in [3.63, 3.8) is 0 Å². The molecule has 0 saturated heterocycles. The zero-order chi connectivity index (χ0) is 15.9. The van der Waals surface area contributed by atoms with Crippen LogP contribution in [0.3, 0.4) is 0 Å². The molecule has 122 valence electrons. The predicted octanol–water partition coefficient (Wildman–Crippen LogP) is 3.06. The number of aryl methyl sites for hydroxylation is 1. The molecule has 1 aliphatic carbocycles. The van der Waals surface area contributed by atoms with E-state index in [0.29, 0.717) is 0 Å². The molecular weight excluding hydrogens is 284 g/mol. The molecule has 3 rings (SSSR count). The van der Waals surface area contributed by atoms with Crippen LogP contribution < -0.4 is 9.13 Å². The number of hydrogen-bond donors (Lipinski definition) is 0. The zero-order valence-corrected chi connectivity index (χ0v) is 14.2. The average molecular weight is 312 g/mol. The lowest BCUT2D eigenvalue weighted by Gasteiger charge is -2.08. The second-order valence-corrected chi connectivity index (χ2v) is 6.63. The van der Waals surface area contributed by atoms with Gasteiger partial charge in [0.25, 0.3) is 0 Å². The Morgan fingerprint density at radius 2 is 1.52 bits per heavy atom. The van der Waals surface area contributed by atoms with Gasteiger partial charge in [-0.1, -0.05) is 25.7 Å². The fourth-order valence-electron chi connectivity index (χ4n) is 3.31. The molecule has 1 fully saturated rings. The lowest BCUT2D eigenvalue weighted by molar-refractivity contribution is -0.698. The SMILES string of the molecule is C[n+]1ccc(-c2cc[n+](CCOCCC3CCCC3)cc2)cc1. The average Bonchev–Trinajstić information content (AvgIpc) is 3.09. The van der Waals surface area contributed by atoms with Gasteiger partial charge in [0, 0.05) is 30.9 Å². The number of rotatable bonds is 7. The normalized spacial score (nSPS) is 15.2. The molecular formula is C20H28N2O+2. The van der Waals surface area contributed by atoms with Crippen molar-refractivity contribution >= 4 is 0 Å². The van der Waals surface area contributed by atoms with E-state index >= 15 is 0 Å². The van der Waals surface area contributed by atoms with Gasteiger partial charge in [0.1, 0.15) is 13.7 Å². The van der Waals surface area contributed by atoms with Gasteiger partial charge in [0.15, 0.2) is 31.3 Å². The Morgan fingerprint density at radius 3 is 2.17 bits per heavy atom. The van der Waals surface area contributed by atoms with Crippen LogP contribution in [0.4, 0.5) is 0 Å². The molecule has 0 aliphatic heterocycles. The van der Waals surface area contributed by atoms with E-state index in [1.807, 2.05) is 7.05 Å². The fraction of sp³-hybridized carbons (Fsp3) is 0.500. The second kappa shape index (κ2) is 8.21. The van der Waals surface area contributed by atoms with Crippen molar-refractivity contribution in [1.29, 1.82) is 0 Å². The highest BCUT2D eigenvalue weighted by Crippen LogP contribution is 2.27. The summed E-state index contributed by atoms with van der Waals surface area (Å²) in [6.07, 6.45) is 15.4. The van der Waals surface area contributed by atoms with E-state index in [4.69, 9.17) is 4.74 Å². The van der Waals surface area contributed by atoms with Gasteiger partial charge in [0.05, 0.1) is 0 Å². The van der Waals surface area contributed by atoms with Gasteiger partial charge in [-0.3, -0.25) is 0 Å². The van der Waals surface area contributed by atoms with Crippen molar-refractivity contribution in [2.24, 2.45) is 13.0 Å². The molecule has 0 aromatic carbocycles. The maximum absolute atomic E-state index is 5.80. The summed E-state index contributed by atoms with van der Waals surface area (Å²) in [5, 5.41) is 0. The Morgan fingerprint density at radius 1 is 0.913 bits per heavy atom. The number of aromatic nitrogens is 2. The first kappa shape index (κ1) is 16.1. The second-order valence-electron chi connectivity index (χ2n) is 6.63. The summed E-state index contributed by atoms with van der Waals surface area (Å²) in [6.45, 7) is 2.65. The van der Waals surface area contributed by atoms with Gasteiger partial charge in [0.2, 0.25) is 0 Å². The first-order valence-electron chi connectivity index (χ1n) is 8.84. The Bertz CT molecular complexity index is 586. The fourth-order valence-corrected chi connectivity index (χ4v) is 3.31. The van der Waals surface area contributed by atoms with Gasteiger partial charge < -0.3 is 4.74 Å².